The molecule has 3 rings (SSSR count). The van der Waals surface area contributed by atoms with E-state index in [9.17, 15) is 9.59 Å². The fourth-order valence-electron chi connectivity index (χ4n) is 2.91. The molecule has 0 spiro atoms. The van der Waals surface area contributed by atoms with Gasteiger partial charge in [0.05, 0.1) is 36.4 Å². The van der Waals surface area contributed by atoms with Crippen LogP contribution < -0.4 is 10.6 Å². The molecular weight excluding hydrogens is 404 g/mol. The van der Waals surface area contributed by atoms with Gasteiger partial charge in [0.15, 0.2) is 10.8 Å². The van der Waals surface area contributed by atoms with Gasteiger partial charge in [0.1, 0.15) is 5.82 Å². The van der Waals surface area contributed by atoms with E-state index >= 15 is 0 Å². The summed E-state index contributed by atoms with van der Waals surface area (Å²) in [5.41, 5.74) is 1.19. The van der Waals surface area contributed by atoms with Gasteiger partial charge in [-0.2, -0.15) is 5.10 Å². The second-order valence-corrected chi connectivity index (χ2v) is 7.53. The first-order valence-electron chi connectivity index (χ1n) is 9.44. The maximum Gasteiger partial charge on any atom is 0.338 e. The smallest absolute Gasteiger partial charge is 0.338 e. The molecule has 30 heavy (non-hydrogen) atoms. The molecule has 3 aromatic rings. The Morgan fingerprint density at radius 2 is 1.93 bits per heavy atom. The normalized spacial score (nSPS) is 11.0. The Morgan fingerprint density at radius 1 is 1.20 bits per heavy atom. The van der Waals surface area contributed by atoms with Gasteiger partial charge >= 0.3 is 5.97 Å². The molecule has 2 N–H and O–H groups in total. The van der Waals surface area contributed by atoms with Gasteiger partial charge in [-0.15, -0.1) is 0 Å². The van der Waals surface area contributed by atoms with Gasteiger partial charge in [0.2, 0.25) is 0 Å². The number of nitrogens with one attached hydrogen (secondary N) is 2. The Bertz CT molecular complexity index is 1070. The number of benzene rings is 1. The third kappa shape index (κ3) is 4.70. The number of hydrogen-bond donors (Lipinski definition) is 2. The van der Waals surface area contributed by atoms with Crippen LogP contribution in [0.25, 0.3) is 11.0 Å². The standard InChI is InChI=1S/C20H24N6O3S/c1-12(2)23-16-15-11-22-26(17(15)25-20(24-16)30-4)10-9-21-18(27)13-7-5-6-8-14(13)19(28)29-3/h5-8,11-12H,9-10H2,1-4H3,(H,21,27)(H,23,24,25). The zero-order valence-corrected chi connectivity index (χ0v) is 18.1. The Hall–Kier alpha value is -3.14. The Labute approximate surface area is 178 Å². The summed E-state index contributed by atoms with van der Waals surface area (Å²) in [5.74, 6) is -0.166. The lowest BCUT2D eigenvalue weighted by Gasteiger charge is -2.12. The largest absolute Gasteiger partial charge is 0.465 e. The minimum Gasteiger partial charge on any atom is -0.465 e. The lowest BCUT2D eigenvalue weighted by Crippen LogP contribution is -2.29. The van der Waals surface area contributed by atoms with Crippen molar-refractivity contribution >= 4 is 40.5 Å². The number of fused-ring (bicyclic) bond motifs is 1. The highest BCUT2D eigenvalue weighted by Gasteiger charge is 2.17. The molecule has 0 aliphatic carbocycles. The topological polar surface area (TPSA) is 111 Å². The van der Waals surface area contributed by atoms with Gasteiger partial charge < -0.3 is 15.4 Å². The highest BCUT2D eigenvalue weighted by molar-refractivity contribution is 7.98. The Kier molecular flexibility index (Phi) is 6.88. The highest BCUT2D eigenvalue weighted by Crippen LogP contribution is 2.23. The first-order chi connectivity index (χ1) is 14.4. The number of rotatable bonds is 8. The van der Waals surface area contributed by atoms with Crippen molar-refractivity contribution in [3.8, 4) is 0 Å². The van der Waals surface area contributed by atoms with Crippen LogP contribution in [0, 0.1) is 0 Å². The summed E-state index contributed by atoms with van der Waals surface area (Å²) >= 11 is 1.45. The van der Waals surface area contributed by atoms with E-state index in [1.54, 1.807) is 35.1 Å². The molecule has 2 heterocycles. The van der Waals surface area contributed by atoms with Crippen LogP contribution in [-0.4, -0.2) is 57.6 Å². The first-order valence-corrected chi connectivity index (χ1v) is 10.7. The predicted octanol–water partition coefficient (Wildman–Crippen LogP) is 2.59. The molecule has 9 nitrogen and oxygen atoms in total. The van der Waals surface area contributed by atoms with E-state index in [2.05, 4.69) is 25.7 Å². The second kappa shape index (κ2) is 9.57. The van der Waals surface area contributed by atoms with Crippen LogP contribution in [0.4, 0.5) is 5.82 Å². The summed E-state index contributed by atoms with van der Waals surface area (Å²) in [4.78, 5) is 33.5. The number of nitrogens with zero attached hydrogens (tertiary/aromatic N) is 4. The van der Waals surface area contributed by atoms with Crippen molar-refractivity contribution in [2.45, 2.75) is 31.6 Å². The van der Waals surface area contributed by atoms with Crippen LogP contribution in [0.5, 0.6) is 0 Å². The molecule has 0 aliphatic rings. The minimum atomic E-state index is -0.551. The average Bonchev–Trinajstić information content (AvgIpc) is 3.15. The molecule has 0 fully saturated rings. The van der Waals surface area contributed by atoms with Gasteiger partial charge in [-0.05, 0) is 32.2 Å². The molecule has 0 aliphatic heterocycles. The van der Waals surface area contributed by atoms with Crippen molar-refractivity contribution in [3.05, 3.63) is 41.6 Å². The van der Waals surface area contributed by atoms with E-state index in [-0.39, 0.29) is 23.1 Å². The highest BCUT2D eigenvalue weighted by atomic mass is 32.2. The number of anilines is 1. The number of carbonyl (C=O) groups excluding carboxylic acids is 2. The van der Waals surface area contributed by atoms with Crippen molar-refractivity contribution in [2.24, 2.45) is 0 Å². The van der Waals surface area contributed by atoms with Crippen LogP contribution in [0.15, 0.2) is 35.6 Å². The van der Waals surface area contributed by atoms with E-state index in [1.807, 2.05) is 20.1 Å². The molecule has 0 unspecified atom stereocenters. The number of amides is 1. The summed E-state index contributed by atoms with van der Waals surface area (Å²) in [6.45, 7) is 4.82. The third-order valence-electron chi connectivity index (χ3n) is 4.27. The number of ether oxygens (including phenoxy) is 1. The monoisotopic (exact) mass is 428 g/mol. The molecule has 0 radical (unpaired) electrons. The molecule has 1 amide bonds. The molecule has 0 saturated carbocycles. The molecule has 0 saturated heterocycles. The van der Waals surface area contributed by atoms with Gasteiger partial charge in [0, 0.05) is 12.6 Å². The van der Waals surface area contributed by atoms with Gasteiger partial charge in [-0.1, -0.05) is 23.9 Å². The maximum absolute atomic E-state index is 12.6. The SMILES string of the molecule is COC(=O)c1ccccc1C(=O)NCCn1ncc2c(NC(C)C)nc(SC)nc21. The van der Waals surface area contributed by atoms with Gasteiger partial charge in [0.25, 0.3) is 5.91 Å². The van der Waals surface area contributed by atoms with Crippen molar-refractivity contribution in [1.82, 2.24) is 25.1 Å². The molecule has 2 aromatic heterocycles. The molecule has 1 aromatic carbocycles. The number of methoxy groups -OCH3 is 1. The van der Waals surface area contributed by atoms with Gasteiger partial charge in [-0.3, -0.25) is 4.79 Å². The van der Waals surface area contributed by atoms with Crippen LogP contribution in [0.1, 0.15) is 34.6 Å². The summed E-state index contributed by atoms with van der Waals surface area (Å²) in [5, 5.41) is 12.0. The fourth-order valence-corrected chi connectivity index (χ4v) is 3.27. The number of hydrogen-bond acceptors (Lipinski definition) is 8. The van der Waals surface area contributed by atoms with Crippen molar-refractivity contribution in [2.75, 3.05) is 25.2 Å². The zero-order valence-electron chi connectivity index (χ0n) is 17.3. The number of thioether (sulfide) groups is 1. The molecule has 10 heteroatoms. The van der Waals surface area contributed by atoms with Crippen LogP contribution >= 0.6 is 11.8 Å². The maximum atomic E-state index is 12.6. The van der Waals surface area contributed by atoms with Crippen molar-refractivity contribution < 1.29 is 14.3 Å². The lowest BCUT2D eigenvalue weighted by atomic mass is 10.1. The first kappa shape index (κ1) is 21.6. The third-order valence-corrected chi connectivity index (χ3v) is 4.82. The van der Waals surface area contributed by atoms with E-state index in [0.717, 1.165) is 11.2 Å². The quantitative estimate of drug-likeness (QED) is 0.320. The van der Waals surface area contributed by atoms with Crippen LogP contribution in [0.2, 0.25) is 0 Å². The van der Waals surface area contributed by atoms with Crippen molar-refractivity contribution in [1.29, 1.82) is 0 Å². The zero-order chi connectivity index (χ0) is 21.7. The molecule has 0 bridgehead atoms. The molecule has 158 valence electrons. The van der Waals surface area contributed by atoms with Gasteiger partial charge in [-0.25, -0.2) is 19.4 Å². The van der Waals surface area contributed by atoms with Crippen molar-refractivity contribution in [3.63, 3.8) is 0 Å². The molecular formula is C20H24N6O3S. The summed E-state index contributed by atoms with van der Waals surface area (Å²) in [7, 11) is 1.28. The number of aromatic nitrogens is 4. The average molecular weight is 429 g/mol. The minimum absolute atomic E-state index is 0.218. The number of esters is 1. The van der Waals surface area contributed by atoms with Crippen LogP contribution in [-0.2, 0) is 11.3 Å². The molecule has 0 atom stereocenters. The predicted molar refractivity (Wildman–Crippen MR) is 116 cm³/mol. The second-order valence-electron chi connectivity index (χ2n) is 6.76. The lowest BCUT2D eigenvalue weighted by molar-refractivity contribution is 0.0596. The summed E-state index contributed by atoms with van der Waals surface area (Å²) < 4.78 is 6.47. The van der Waals surface area contributed by atoms with E-state index in [4.69, 9.17) is 4.74 Å². The Morgan fingerprint density at radius 3 is 2.60 bits per heavy atom. The summed E-state index contributed by atoms with van der Waals surface area (Å²) in [6, 6.07) is 6.76. The Balaban J connectivity index is 1.75. The van der Waals surface area contributed by atoms with Crippen LogP contribution in [0.3, 0.4) is 0 Å². The fraction of sp³-hybridized carbons (Fsp3) is 0.350. The summed E-state index contributed by atoms with van der Waals surface area (Å²) in [6.07, 6.45) is 3.64. The van der Waals surface area contributed by atoms with E-state index in [1.165, 1.54) is 18.9 Å². The number of carbonyl (C=O) groups is 2. The van der Waals surface area contributed by atoms with E-state index < -0.39 is 5.97 Å². The van der Waals surface area contributed by atoms with E-state index in [0.29, 0.717) is 23.9 Å².